The number of amides is 3. The fraction of sp³-hybridized carbons (Fsp3) is 0.550. The molecule has 0 spiro atoms. The van der Waals surface area contributed by atoms with Crippen LogP contribution in [-0.4, -0.2) is 81.5 Å². The first kappa shape index (κ1) is 25.5. The van der Waals surface area contributed by atoms with Gasteiger partial charge in [-0.25, -0.2) is 18.6 Å². The number of halogens is 5. The molecule has 0 aliphatic carbocycles. The smallest absolute Gasteiger partial charge is 0.414 e. The summed E-state index contributed by atoms with van der Waals surface area (Å²) in [6.45, 7) is -1.16. The average molecular weight is 494 g/mol. The monoisotopic (exact) mass is 494 g/mol. The normalized spacial score (nSPS) is 18.8. The minimum atomic E-state index is -3.23. The van der Waals surface area contributed by atoms with Gasteiger partial charge in [0.05, 0.1) is 38.6 Å². The van der Waals surface area contributed by atoms with Crippen LogP contribution in [0.1, 0.15) is 12.8 Å². The number of carbonyl (C=O) groups excluding carboxylic acids is 3. The maximum atomic E-state index is 14.9. The van der Waals surface area contributed by atoms with Crippen molar-refractivity contribution >= 4 is 29.3 Å². The quantitative estimate of drug-likeness (QED) is 0.556. The highest BCUT2D eigenvalue weighted by Gasteiger charge is 2.34. The van der Waals surface area contributed by atoms with Crippen molar-refractivity contribution in [2.75, 3.05) is 55.8 Å². The third-order valence-electron chi connectivity index (χ3n) is 5.19. The number of alkyl halides is 3. The van der Waals surface area contributed by atoms with Gasteiger partial charge in [-0.05, 0) is 6.42 Å². The van der Waals surface area contributed by atoms with Gasteiger partial charge in [-0.2, -0.15) is 8.78 Å². The minimum Gasteiger partial charge on any atom is -0.442 e. The van der Waals surface area contributed by atoms with Crippen molar-refractivity contribution in [1.82, 2.24) is 10.4 Å². The molecule has 2 aliphatic rings. The van der Waals surface area contributed by atoms with E-state index in [2.05, 4.69) is 0 Å². The van der Waals surface area contributed by atoms with E-state index >= 15 is 0 Å². The van der Waals surface area contributed by atoms with Crippen molar-refractivity contribution in [2.45, 2.75) is 25.4 Å². The molecule has 1 aromatic carbocycles. The number of anilines is 2. The Labute approximate surface area is 191 Å². The van der Waals surface area contributed by atoms with Crippen LogP contribution in [0.3, 0.4) is 0 Å². The van der Waals surface area contributed by atoms with Gasteiger partial charge in [0.15, 0.2) is 11.6 Å². The Morgan fingerprint density at radius 1 is 1.15 bits per heavy atom. The summed E-state index contributed by atoms with van der Waals surface area (Å²) in [5.74, 6) is -3.91. The highest BCUT2D eigenvalue weighted by atomic mass is 19.3. The first-order chi connectivity index (χ1) is 16.2. The Hall–Kier alpha value is -3.16. The molecular weight excluding hydrogens is 471 g/mol. The number of nitrogens with one attached hydrogen (secondary N) is 1. The molecular formula is C20H23F5N4O5. The Morgan fingerprint density at radius 3 is 2.50 bits per heavy atom. The second-order valence-electron chi connectivity index (χ2n) is 7.53. The molecule has 2 fully saturated rings. The first-order valence-electron chi connectivity index (χ1n) is 10.5. The van der Waals surface area contributed by atoms with E-state index in [1.165, 1.54) is 4.90 Å². The molecule has 2 saturated heterocycles. The Bertz CT molecular complexity index is 898. The first-order valence-corrected chi connectivity index (χ1v) is 10.5. The summed E-state index contributed by atoms with van der Waals surface area (Å²) in [7, 11) is 0. The molecule has 2 aliphatic heterocycles. The molecule has 2 heterocycles. The van der Waals surface area contributed by atoms with Crippen molar-refractivity contribution in [2.24, 2.45) is 0 Å². The molecule has 0 aromatic heterocycles. The zero-order valence-electron chi connectivity index (χ0n) is 17.9. The zero-order chi connectivity index (χ0) is 24.8. The molecule has 1 atom stereocenters. The van der Waals surface area contributed by atoms with Crippen LogP contribution >= 0.6 is 0 Å². The molecule has 188 valence electrons. The molecule has 1 N–H and O–H groups in total. The summed E-state index contributed by atoms with van der Waals surface area (Å²) in [5.41, 5.74) is -0.528. The maximum Gasteiger partial charge on any atom is 0.414 e. The van der Waals surface area contributed by atoms with Crippen LogP contribution in [0, 0.1) is 11.6 Å². The molecule has 1 aromatic rings. The summed E-state index contributed by atoms with van der Waals surface area (Å²) >= 11 is 0. The van der Waals surface area contributed by atoms with Crippen molar-refractivity contribution < 1.29 is 45.9 Å². The van der Waals surface area contributed by atoms with Gasteiger partial charge in [-0.3, -0.25) is 23.7 Å². The van der Waals surface area contributed by atoms with Gasteiger partial charge in [0, 0.05) is 31.6 Å². The minimum absolute atomic E-state index is 0.0101. The summed E-state index contributed by atoms with van der Waals surface area (Å²) in [6.07, 6.45) is -5.16. The molecule has 3 rings (SSSR count). The number of nitrogens with zero attached hydrogens (tertiary/aromatic N) is 3. The highest BCUT2D eigenvalue weighted by Crippen LogP contribution is 2.31. The average Bonchev–Trinajstić information content (AvgIpc) is 3.00. The van der Waals surface area contributed by atoms with Crippen LogP contribution in [0.5, 0.6) is 0 Å². The molecule has 0 saturated carbocycles. The highest BCUT2D eigenvalue weighted by molar-refractivity contribution is 5.90. The summed E-state index contributed by atoms with van der Waals surface area (Å²) in [6, 6.07) is 1.85. The molecule has 0 bridgehead atoms. The number of hydrogen-bond acceptors (Lipinski definition) is 6. The van der Waals surface area contributed by atoms with E-state index in [1.807, 2.05) is 5.32 Å². The van der Waals surface area contributed by atoms with Gasteiger partial charge in [0.25, 0.3) is 5.91 Å². The molecule has 0 radical (unpaired) electrons. The van der Waals surface area contributed by atoms with Crippen LogP contribution in [0.25, 0.3) is 0 Å². The van der Waals surface area contributed by atoms with E-state index in [-0.39, 0.29) is 63.5 Å². The zero-order valence-corrected chi connectivity index (χ0v) is 17.9. The van der Waals surface area contributed by atoms with Crippen LogP contribution in [0.2, 0.25) is 0 Å². The number of carbonyl (C=O) groups is 3. The number of hydrogen-bond donors (Lipinski definition) is 1. The summed E-state index contributed by atoms with van der Waals surface area (Å²) < 4.78 is 71.6. The van der Waals surface area contributed by atoms with Crippen molar-refractivity contribution in [3.63, 3.8) is 0 Å². The summed E-state index contributed by atoms with van der Waals surface area (Å²) in [5, 5.41) is 2.96. The second-order valence-corrected chi connectivity index (χ2v) is 7.53. The van der Waals surface area contributed by atoms with Crippen LogP contribution < -0.4 is 15.1 Å². The van der Waals surface area contributed by atoms with E-state index in [0.717, 1.165) is 22.1 Å². The second kappa shape index (κ2) is 11.3. The number of rotatable bonds is 8. The largest absolute Gasteiger partial charge is 0.442 e. The lowest BCUT2D eigenvalue weighted by Gasteiger charge is -2.24. The van der Waals surface area contributed by atoms with Gasteiger partial charge in [-0.15, -0.1) is 0 Å². The lowest BCUT2D eigenvalue weighted by Crippen LogP contribution is -2.37. The predicted octanol–water partition coefficient (Wildman–Crippen LogP) is 2.00. The van der Waals surface area contributed by atoms with E-state index < -0.39 is 48.7 Å². The predicted molar refractivity (Wildman–Crippen MR) is 108 cm³/mol. The van der Waals surface area contributed by atoms with Crippen LogP contribution in [0.15, 0.2) is 12.1 Å². The van der Waals surface area contributed by atoms with Crippen LogP contribution in [0.4, 0.5) is 38.1 Å². The van der Waals surface area contributed by atoms with Gasteiger partial charge in [0.2, 0.25) is 5.91 Å². The van der Waals surface area contributed by atoms with Gasteiger partial charge < -0.3 is 15.0 Å². The Morgan fingerprint density at radius 2 is 1.85 bits per heavy atom. The lowest BCUT2D eigenvalue weighted by molar-refractivity contribution is -0.182. The molecule has 14 heteroatoms. The number of ether oxygens (including phenoxy) is 1. The molecule has 34 heavy (non-hydrogen) atoms. The number of benzene rings is 1. The van der Waals surface area contributed by atoms with Crippen LogP contribution in [-0.2, 0) is 19.2 Å². The third-order valence-corrected chi connectivity index (χ3v) is 5.19. The molecule has 9 nitrogen and oxygen atoms in total. The maximum absolute atomic E-state index is 14.9. The molecule has 0 unspecified atom stereocenters. The van der Waals surface area contributed by atoms with Gasteiger partial charge in [-0.1, -0.05) is 0 Å². The van der Waals surface area contributed by atoms with Crippen molar-refractivity contribution in [3.8, 4) is 0 Å². The fourth-order valence-corrected chi connectivity index (χ4v) is 3.55. The Balaban J connectivity index is 1.66. The van der Waals surface area contributed by atoms with Crippen molar-refractivity contribution in [3.05, 3.63) is 23.8 Å². The van der Waals surface area contributed by atoms with Crippen molar-refractivity contribution in [1.29, 1.82) is 0 Å². The van der Waals surface area contributed by atoms with E-state index in [9.17, 15) is 36.3 Å². The topological polar surface area (TPSA) is 91.4 Å². The summed E-state index contributed by atoms with van der Waals surface area (Å²) in [4.78, 5) is 42.7. The third kappa shape index (κ3) is 6.04. The lowest BCUT2D eigenvalue weighted by atomic mass is 10.2. The fourth-order valence-electron chi connectivity index (χ4n) is 3.55. The van der Waals surface area contributed by atoms with Gasteiger partial charge >= 0.3 is 12.5 Å². The molecule has 3 amide bonds. The SMILES string of the molecule is O=C(NC[C@H]1CN(c2cc(F)c(N3CCON(C(=O)CCCF)CC3)c(F)c2)C(=O)O1)C(F)F. The standard InChI is InChI=1S/C20H23F5N4O5/c21-3-1-2-16(30)29-5-4-27(6-7-33-29)17-14(22)8-12(9-15(17)23)28-11-13(34-20(28)32)10-26-19(31)18(24)25/h8-9,13,18H,1-7,10-11H2,(H,26,31)/t13-/m0/s1. The van der Waals surface area contributed by atoms with E-state index in [1.54, 1.807) is 0 Å². The number of cyclic esters (lactones) is 1. The Kier molecular flexibility index (Phi) is 8.47. The van der Waals surface area contributed by atoms with E-state index in [4.69, 9.17) is 9.57 Å². The van der Waals surface area contributed by atoms with E-state index in [0.29, 0.717) is 0 Å². The number of hydroxylamine groups is 2. The van der Waals surface area contributed by atoms with Gasteiger partial charge in [0.1, 0.15) is 11.8 Å².